The molecule has 0 aromatic carbocycles. The van der Waals surface area contributed by atoms with Crippen LogP contribution in [-0.4, -0.2) is 20.8 Å². The molecule has 12 heavy (non-hydrogen) atoms. The van der Waals surface area contributed by atoms with Crippen molar-refractivity contribution >= 4 is 10.1 Å². The molecule has 0 unspecified atom stereocenters. The van der Waals surface area contributed by atoms with Gasteiger partial charge >= 0.3 is 0 Å². The first-order chi connectivity index (χ1) is 5.62. The SMILES string of the molecule is C#CCOS(=O)(=O)CCCC=C. The molecule has 0 aromatic rings. The summed E-state index contributed by atoms with van der Waals surface area (Å²) < 4.78 is 26.3. The first kappa shape index (κ1) is 11.2. The third-order valence-electron chi connectivity index (χ3n) is 1.12. The lowest BCUT2D eigenvalue weighted by atomic mass is 10.3. The van der Waals surface area contributed by atoms with Crippen molar-refractivity contribution in [3.63, 3.8) is 0 Å². The van der Waals surface area contributed by atoms with Crippen LogP contribution >= 0.6 is 0 Å². The fraction of sp³-hybridized carbons (Fsp3) is 0.500. The third kappa shape index (κ3) is 5.96. The number of hydrogen-bond donors (Lipinski definition) is 0. The number of rotatable bonds is 6. The number of terminal acetylenes is 1. The Morgan fingerprint density at radius 3 is 2.75 bits per heavy atom. The van der Waals surface area contributed by atoms with E-state index in [4.69, 9.17) is 6.42 Å². The Hall–Kier alpha value is -0.790. The molecule has 4 heteroatoms. The van der Waals surface area contributed by atoms with E-state index in [1.165, 1.54) is 0 Å². The maximum absolute atomic E-state index is 10.9. The topological polar surface area (TPSA) is 43.4 Å². The zero-order chi connectivity index (χ0) is 9.45. The summed E-state index contributed by atoms with van der Waals surface area (Å²) in [6, 6.07) is 0. The largest absolute Gasteiger partial charge is 0.268 e. The molecular weight excluding hydrogens is 176 g/mol. The maximum atomic E-state index is 10.9. The molecule has 0 bridgehead atoms. The van der Waals surface area contributed by atoms with Crippen LogP contribution < -0.4 is 0 Å². The molecule has 0 fully saturated rings. The van der Waals surface area contributed by atoms with Crippen LogP contribution in [0.3, 0.4) is 0 Å². The highest BCUT2D eigenvalue weighted by Crippen LogP contribution is 1.98. The summed E-state index contributed by atoms with van der Waals surface area (Å²) in [5.41, 5.74) is 0. The van der Waals surface area contributed by atoms with E-state index < -0.39 is 10.1 Å². The summed E-state index contributed by atoms with van der Waals surface area (Å²) in [6.45, 7) is 3.29. The number of hydrogen-bond acceptors (Lipinski definition) is 3. The summed E-state index contributed by atoms with van der Waals surface area (Å²) >= 11 is 0. The van der Waals surface area contributed by atoms with E-state index in [0.717, 1.165) is 0 Å². The van der Waals surface area contributed by atoms with Gasteiger partial charge in [0.2, 0.25) is 0 Å². The number of unbranched alkanes of at least 4 members (excludes halogenated alkanes) is 1. The quantitative estimate of drug-likeness (QED) is 0.269. The predicted octanol–water partition coefficient (Wildman–Crippen LogP) is 0.932. The monoisotopic (exact) mass is 188 g/mol. The smallest absolute Gasteiger partial charge is 0.257 e. The Morgan fingerprint density at radius 1 is 1.58 bits per heavy atom. The fourth-order valence-electron chi connectivity index (χ4n) is 0.587. The first-order valence-corrected chi connectivity index (χ1v) is 5.11. The van der Waals surface area contributed by atoms with E-state index in [1.807, 2.05) is 0 Å². The van der Waals surface area contributed by atoms with Crippen LogP contribution in [0.1, 0.15) is 12.8 Å². The van der Waals surface area contributed by atoms with Gasteiger partial charge in [-0.05, 0) is 12.8 Å². The Balaban J connectivity index is 3.74. The van der Waals surface area contributed by atoms with Crippen LogP contribution in [-0.2, 0) is 14.3 Å². The van der Waals surface area contributed by atoms with Crippen molar-refractivity contribution in [1.82, 2.24) is 0 Å². The van der Waals surface area contributed by atoms with E-state index >= 15 is 0 Å². The van der Waals surface area contributed by atoms with Crippen LogP contribution in [0.15, 0.2) is 12.7 Å². The summed E-state index contributed by atoms with van der Waals surface area (Å²) in [4.78, 5) is 0. The summed E-state index contributed by atoms with van der Waals surface area (Å²) in [5.74, 6) is 2.09. The van der Waals surface area contributed by atoms with E-state index in [-0.39, 0.29) is 12.4 Å². The summed E-state index contributed by atoms with van der Waals surface area (Å²) in [7, 11) is -3.41. The second-order valence-corrected chi connectivity index (χ2v) is 3.92. The average molecular weight is 188 g/mol. The Labute approximate surface area is 73.6 Å². The van der Waals surface area contributed by atoms with E-state index in [0.29, 0.717) is 12.8 Å². The molecule has 0 radical (unpaired) electrons. The molecule has 0 saturated heterocycles. The molecule has 0 rings (SSSR count). The minimum Gasteiger partial charge on any atom is -0.257 e. The Kier molecular flexibility index (Phi) is 5.43. The molecule has 0 N–H and O–H groups in total. The molecular formula is C8H12O3S. The highest BCUT2D eigenvalue weighted by Gasteiger charge is 2.08. The fourth-order valence-corrected chi connectivity index (χ4v) is 1.47. The lowest BCUT2D eigenvalue weighted by Crippen LogP contribution is -2.10. The molecule has 0 aliphatic heterocycles. The number of allylic oxidation sites excluding steroid dienone is 1. The normalized spacial score (nSPS) is 10.6. The highest BCUT2D eigenvalue weighted by atomic mass is 32.2. The van der Waals surface area contributed by atoms with Crippen molar-refractivity contribution in [1.29, 1.82) is 0 Å². The second kappa shape index (κ2) is 5.81. The van der Waals surface area contributed by atoms with E-state index in [2.05, 4.69) is 16.7 Å². The molecule has 0 aliphatic carbocycles. The van der Waals surface area contributed by atoms with Gasteiger partial charge in [0.25, 0.3) is 10.1 Å². The van der Waals surface area contributed by atoms with Gasteiger partial charge in [0.15, 0.2) is 0 Å². The molecule has 0 amide bonds. The first-order valence-electron chi connectivity index (χ1n) is 3.54. The second-order valence-electron chi connectivity index (χ2n) is 2.16. The maximum Gasteiger partial charge on any atom is 0.268 e. The van der Waals surface area contributed by atoms with Crippen LogP contribution in [0.2, 0.25) is 0 Å². The standard InChI is InChI=1S/C8H12O3S/c1-3-5-6-8-12(9,10)11-7-4-2/h2-3H,1,5-8H2. The van der Waals surface area contributed by atoms with Crippen LogP contribution in [0.5, 0.6) is 0 Å². The molecule has 0 heterocycles. The van der Waals surface area contributed by atoms with Crippen molar-refractivity contribution in [2.75, 3.05) is 12.4 Å². The minimum atomic E-state index is -3.41. The van der Waals surface area contributed by atoms with E-state index in [9.17, 15) is 8.42 Å². The lowest BCUT2D eigenvalue weighted by molar-refractivity contribution is 0.362. The van der Waals surface area contributed by atoms with Crippen molar-refractivity contribution in [3.8, 4) is 12.3 Å². The molecule has 0 aliphatic rings. The van der Waals surface area contributed by atoms with Crippen molar-refractivity contribution in [3.05, 3.63) is 12.7 Å². The molecule has 68 valence electrons. The zero-order valence-electron chi connectivity index (χ0n) is 6.82. The van der Waals surface area contributed by atoms with Gasteiger partial charge in [-0.1, -0.05) is 12.0 Å². The van der Waals surface area contributed by atoms with Gasteiger partial charge < -0.3 is 0 Å². The Morgan fingerprint density at radius 2 is 2.25 bits per heavy atom. The van der Waals surface area contributed by atoms with Gasteiger partial charge in [0.05, 0.1) is 5.75 Å². The lowest BCUT2D eigenvalue weighted by Gasteiger charge is -2.00. The minimum absolute atomic E-state index is 0.000694. The third-order valence-corrected chi connectivity index (χ3v) is 2.39. The molecule has 0 atom stereocenters. The molecule has 0 saturated carbocycles. The van der Waals surface area contributed by atoms with Gasteiger partial charge in [-0.2, -0.15) is 8.42 Å². The van der Waals surface area contributed by atoms with Crippen molar-refractivity contribution in [2.45, 2.75) is 12.8 Å². The van der Waals surface area contributed by atoms with Crippen LogP contribution in [0.4, 0.5) is 0 Å². The van der Waals surface area contributed by atoms with Gasteiger partial charge in [0, 0.05) is 0 Å². The van der Waals surface area contributed by atoms with Gasteiger partial charge in [-0.25, -0.2) is 0 Å². The Bertz CT molecular complexity index is 259. The van der Waals surface area contributed by atoms with Crippen LogP contribution in [0, 0.1) is 12.3 Å². The van der Waals surface area contributed by atoms with Gasteiger partial charge in [-0.15, -0.1) is 13.0 Å². The summed E-state index contributed by atoms with van der Waals surface area (Å²) in [6.07, 6.45) is 7.69. The van der Waals surface area contributed by atoms with E-state index in [1.54, 1.807) is 6.08 Å². The van der Waals surface area contributed by atoms with Crippen molar-refractivity contribution in [2.24, 2.45) is 0 Å². The van der Waals surface area contributed by atoms with Gasteiger partial charge in [0.1, 0.15) is 6.61 Å². The summed E-state index contributed by atoms with van der Waals surface area (Å²) in [5, 5.41) is 0. The molecule has 3 nitrogen and oxygen atoms in total. The molecule has 0 aromatic heterocycles. The zero-order valence-corrected chi connectivity index (χ0v) is 7.64. The van der Waals surface area contributed by atoms with Crippen LogP contribution in [0.25, 0.3) is 0 Å². The highest BCUT2D eigenvalue weighted by molar-refractivity contribution is 7.86. The molecule has 0 spiro atoms. The average Bonchev–Trinajstić information content (AvgIpc) is 2.01. The van der Waals surface area contributed by atoms with Crippen molar-refractivity contribution < 1.29 is 12.6 Å². The predicted molar refractivity (Wildman–Crippen MR) is 48.0 cm³/mol. The van der Waals surface area contributed by atoms with Gasteiger partial charge in [-0.3, -0.25) is 4.18 Å².